The first kappa shape index (κ1) is 18.6. The van der Waals surface area contributed by atoms with E-state index in [1.165, 1.54) is 0 Å². The van der Waals surface area contributed by atoms with E-state index in [-0.39, 0.29) is 17.5 Å². The molecule has 0 aromatic heterocycles. The molecule has 1 fully saturated rings. The van der Waals surface area contributed by atoms with Crippen LogP contribution in [0.3, 0.4) is 0 Å². The van der Waals surface area contributed by atoms with Crippen molar-refractivity contribution in [3.8, 4) is 5.75 Å². The van der Waals surface area contributed by atoms with Crippen LogP contribution in [0.25, 0.3) is 0 Å². The molecule has 0 saturated carbocycles. The molecule has 1 aromatic carbocycles. The predicted molar refractivity (Wildman–Crippen MR) is 97.2 cm³/mol. The van der Waals surface area contributed by atoms with Gasteiger partial charge in [-0.2, -0.15) is 0 Å². The molecule has 0 spiro atoms. The van der Waals surface area contributed by atoms with Gasteiger partial charge in [-0.1, -0.05) is 26.0 Å². The molecule has 1 unspecified atom stereocenters. The number of nitrogens with zero attached hydrogens (tertiary/aromatic N) is 1. The fourth-order valence-corrected chi connectivity index (χ4v) is 4.12. The third-order valence-corrected chi connectivity index (χ3v) is 5.53. The Balaban J connectivity index is 1.80. The lowest BCUT2D eigenvalue weighted by molar-refractivity contribution is 0.271. The van der Waals surface area contributed by atoms with Crippen molar-refractivity contribution in [2.24, 2.45) is 10.9 Å². The number of benzene rings is 1. The van der Waals surface area contributed by atoms with Crippen molar-refractivity contribution in [1.29, 1.82) is 0 Å². The maximum atomic E-state index is 11.5. The van der Waals surface area contributed by atoms with Crippen LogP contribution in [-0.4, -0.2) is 45.6 Å². The van der Waals surface area contributed by atoms with Gasteiger partial charge < -0.3 is 15.4 Å². The largest absolute Gasteiger partial charge is 0.493 e. The summed E-state index contributed by atoms with van der Waals surface area (Å²) in [6.45, 7) is 5.56. The van der Waals surface area contributed by atoms with E-state index in [9.17, 15) is 8.42 Å². The summed E-state index contributed by atoms with van der Waals surface area (Å²) in [6.07, 6.45) is 0.630. The lowest BCUT2D eigenvalue weighted by atomic mass is 10.2. The molecule has 1 aliphatic heterocycles. The highest BCUT2D eigenvalue weighted by atomic mass is 32.2. The molecule has 1 heterocycles. The Morgan fingerprint density at radius 1 is 1.33 bits per heavy atom. The number of hydrogen-bond acceptors (Lipinski definition) is 4. The van der Waals surface area contributed by atoms with Crippen LogP contribution >= 0.6 is 0 Å². The van der Waals surface area contributed by atoms with Crippen molar-refractivity contribution in [1.82, 2.24) is 10.6 Å². The van der Waals surface area contributed by atoms with Gasteiger partial charge in [-0.05, 0) is 30.0 Å². The summed E-state index contributed by atoms with van der Waals surface area (Å²) in [4.78, 5) is 4.16. The van der Waals surface area contributed by atoms with Gasteiger partial charge in [-0.3, -0.25) is 4.99 Å². The SMILES string of the molecule is CN=C(NCc1ccc(OCC(C)C)cc1)NC1CCS(=O)(=O)C1. The number of ether oxygens (including phenoxy) is 1. The van der Waals surface area contributed by atoms with E-state index in [0.717, 1.165) is 11.3 Å². The summed E-state index contributed by atoms with van der Waals surface area (Å²) >= 11 is 0. The first-order valence-electron chi connectivity index (χ1n) is 8.27. The van der Waals surface area contributed by atoms with Gasteiger partial charge >= 0.3 is 0 Å². The number of guanidine groups is 1. The van der Waals surface area contributed by atoms with E-state index >= 15 is 0 Å². The average Bonchev–Trinajstić information content (AvgIpc) is 2.89. The maximum Gasteiger partial charge on any atom is 0.191 e. The number of hydrogen-bond donors (Lipinski definition) is 2. The summed E-state index contributed by atoms with van der Waals surface area (Å²) in [5.74, 6) is 2.42. The zero-order chi connectivity index (χ0) is 17.6. The summed E-state index contributed by atoms with van der Waals surface area (Å²) < 4.78 is 28.7. The minimum absolute atomic E-state index is 0.0620. The molecule has 1 saturated heterocycles. The highest BCUT2D eigenvalue weighted by molar-refractivity contribution is 7.91. The molecule has 1 aliphatic rings. The molecule has 2 rings (SSSR count). The van der Waals surface area contributed by atoms with Crippen LogP contribution in [0.2, 0.25) is 0 Å². The zero-order valence-corrected chi connectivity index (χ0v) is 15.4. The third-order valence-electron chi connectivity index (χ3n) is 3.76. The molecule has 2 N–H and O–H groups in total. The van der Waals surface area contributed by atoms with Gasteiger partial charge in [0.2, 0.25) is 0 Å². The quantitative estimate of drug-likeness (QED) is 0.599. The molecule has 0 bridgehead atoms. The standard InChI is InChI=1S/C17H27N3O3S/c1-13(2)11-23-16-6-4-14(5-7-16)10-19-17(18-3)20-15-8-9-24(21,22)12-15/h4-7,13,15H,8-12H2,1-3H3,(H2,18,19,20). The van der Waals surface area contributed by atoms with Crippen molar-refractivity contribution < 1.29 is 13.2 Å². The van der Waals surface area contributed by atoms with Gasteiger partial charge in [-0.25, -0.2) is 8.42 Å². The molecule has 1 aromatic rings. The molecule has 7 heteroatoms. The molecule has 134 valence electrons. The second kappa shape index (κ2) is 8.37. The van der Waals surface area contributed by atoms with Gasteiger partial charge in [0, 0.05) is 19.6 Å². The lowest BCUT2D eigenvalue weighted by Crippen LogP contribution is -2.43. The molecular formula is C17H27N3O3S. The smallest absolute Gasteiger partial charge is 0.191 e. The van der Waals surface area contributed by atoms with Crippen LogP contribution < -0.4 is 15.4 Å². The van der Waals surface area contributed by atoms with Crippen LogP contribution in [0.4, 0.5) is 0 Å². The zero-order valence-electron chi connectivity index (χ0n) is 14.6. The van der Waals surface area contributed by atoms with E-state index in [0.29, 0.717) is 31.4 Å². The first-order chi connectivity index (χ1) is 11.4. The number of sulfone groups is 1. The van der Waals surface area contributed by atoms with E-state index in [2.05, 4.69) is 29.5 Å². The van der Waals surface area contributed by atoms with Gasteiger partial charge in [0.15, 0.2) is 15.8 Å². The maximum absolute atomic E-state index is 11.5. The molecule has 0 amide bonds. The second-order valence-corrected chi connectivity index (χ2v) is 8.75. The first-order valence-corrected chi connectivity index (χ1v) is 10.1. The molecule has 0 radical (unpaired) electrons. The highest BCUT2D eigenvalue weighted by Gasteiger charge is 2.28. The Hall–Kier alpha value is -1.76. The minimum Gasteiger partial charge on any atom is -0.493 e. The lowest BCUT2D eigenvalue weighted by Gasteiger charge is -2.16. The summed E-state index contributed by atoms with van der Waals surface area (Å²) in [6, 6.07) is 7.87. The van der Waals surface area contributed by atoms with Gasteiger partial charge in [0.05, 0.1) is 18.1 Å². The Morgan fingerprint density at radius 3 is 2.58 bits per heavy atom. The monoisotopic (exact) mass is 353 g/mol. The fraction of sp³-hybridized carbons (Fsp3) is 0.588. The van der Waals surface area contributed by atoms with E-state index in [1.807, 2.05) is 24.3 Å². The van der Waals surface area contributed by atoms with Crippen LogP contribution in [-0.2, 0) is 16.4 Å². The van der Waals surface area contributed by atoms with Crippen molar-refractivity contribution in [3.05, 3.63) is 29.8 Å². The molecule has 24 heavy (non-hydrogen) atoms. The molecule has 6 nitrogen and oxygen atoms in total. The normalized spacial score (nSPS) is 20.2. The van der Waals surface area contributed by atoms with Gasteiger partial charge in [0.25, 0.3) is 0 Å². The minimum atomic E-state index is -2.89. The van der Waals surface area contributed by atoms with Crippen LogP contribution in [0.5, 0.6) is 5.75 Å². The van der Waals surface area contributed by atoms with Crippen LogP contribution in [0.15, 0.2) is 29.3 Å². The van der Waals surface area contributed by atoms with Crippen molar-refractivity contribution >= 4 is 15.8 Å². The molecular weight excluding hydrogens is 326 g/mol. The van der Waals surface area contributed by atoms with E-state index in [1.54, 1.807) is 7.05 Å². The fourth-order valence-electron chi connectivity index (χ4n) is 2.45. The predicted octanol–water partition coefficient (Wildman–Crippen LogP) is 1.57. The Bertz CT molecular complexity index is 654. The van der Waals surface area contributed by atoms with E-state index in [4.69, 9.17) is 4.74 Å². The number of rotatable bonds is 6. The van der Waals surface area contributed by atoms with Crippen molar-refractivity contribution in [2.75, 3.05) is 25.2 Å². The second-order valence-electron chi connectivity index (χ2n) is 6.52. The molecule has 1 atom stereocenters. The molecule has 0 aliphatic carbocycles. The van der Waals surface area contributed by atoms with E-state index < -0.39 is 9.84 Å². The highest BCUT2D eigenvalue weighted by Crippen LogP contribution is 2.13. The summed E-state index contributed by atoms with van der Waals surface area (Å²) in [5, 5.41) is 6.38. The Kier molecular flexibility index (Phi) is 6.48. The van der Waals surface area contributed by atoms with Gasteiger partial charge in [-0.15, -0.1) is 0 Å². The van der Waals surface area contributed by atoms with Crippen molar-refractivity contribution in [3.63, 3.8) is 0 Å². The van der Waals surface area contributed by atoms with Gasteiger partial charge in [0.1, 0.15) is 5.75 Å². The topological polar surface area (TPSA) is 79.8 Å². The summed E-state index contributed by atoms with van der Waals surface area (Å²) in [5.41, 5.74) is 1.11. The summed E-state index contributed by atoms with van der Waals surface area (Å²) in [7, 11) is -1.21. The Morgan fingerprint density at radius 2 is 2.04 bits per heavy atom. The number of aliphatic imine (C=N–C) groups is 1. The number of nitrogens with one attached hydrogen (secondary N) is 2. The third kappa shape index (κ3) is 6.03. The van der Waals surface area contributed by atoms with Crippen LogP contribution in [0, 0.1) is 5.92 Å². The average molecular weight is 353 g/mol. The Labute approximate surface area is 144 Å². The van der Waals surface area contributed by atoms with Crippen LogP contribution in [0.1, 0.15) is 25.8 Å². The van der Waals surface area contributed by atoms with Crippen molar-refractivity contribution in [2.45, 2.75) is 32.9 Å².